The standard InChI is InChI=1S/C39H40N8O6/c1-26(48)47(39(49)50)31-6-4-5-30(21-31)46-16-15-34-35(42-38(43-36(34)46)44-17-19-53-20-18-44)29-22-40-37(41-23-29)45(24-27-7-11-32(51-2)12-8-27)25-28-9-13-33(52-3)14-10-28/h4-14,21-23H,15-20,24-25H2,1-3H3,(H,49,50). The molecule has 0 radical (unpaired) electrons. The molecule has 1 N–H and O–H groups in total. The van der Waals surface area contributed by atoms with Crippen LogP contribution in [0.3, 0.4) is 0 Å². The number of rotatable bonds is 11. The fourth-order valence-electron chi connectivity index (χ4n) is 6.57. The topological polar surface area (TPSA) is 147 Å². The molecule has 4 heterocycles. The highest BCUT2D eigenvalue weighted by Crippen LogP contribution is 2.40. The van der Waals surface area contributed by atoms with Gasteiger partial charge >= 0.3 is 6.09 Å². The fourth-order valence-corrected chi connectivity index (χ4v) is 6.57. The molecule has 0 aliphatic carbocycles. The number of carboxylic acid groups (broad SMARTS) is 1. The summed E-state index contributed by atoms with van der Waals surface area (Å²) in [5, 5.41) is 9.73. The zero-order chi connectivity index (χ0) is 36.9. The number of morpholine rings is 1. The molecule has 53 heavy (non-hydrogen) atoms. The number of amides is 2. The van der Waals surface area contributed by atoms with Crippen LogP contribution in [0.15, 0.2) is 85.2 Å². The van der Waals surface area contributed by atoms with Gasteiger partial charge in [0.1, 0.15) is 17.3 Å². The van der Waals surface area contributed by atoms with Gasteiger partial charge in [0, 0.05) is 68.9 Å². The second kappa shape index (κ2) is 15.5. The minimum absolute atomic E-state index is 0.261. The van der Waals surface area contributed by atoms with E-state index in [1.807, 2.05) is 71.9 Å². The van der Waals surface area contributed by atoms with E-state index in [0.29, 0.717) is 75.8 Å². The Labute approximate surface area is 307 Å². The Bertz CT molecular complexity index is 2010. The number of aromatic nitrogens is 4. The molecule has 1 saturated heterocycles. The number of anilines is 5. The Morgan fingerprint density at radius 2 is 1.47 bits per heavy atom. The number of hydrogen-bond donors (Lipinski definition) is 1. The molecule has 2 aromatic heterocycles. The number of carbonyl (C=O) groups is 2. The number of nitrogens with zero attached hydrogens (tertiary/aromatic N) is 8. The van der Waals surface area contributed by atoms with E-state index in [4.69, 9.17) is 34.1 Å². The number of ether oxygens (including phenoxy) is 3. The average molecular weight is 717 g/mol. The Morgan fingerprint density at radius 3 is 2.04 bits per heavy atom. The minimum atomic E-state index is -1.34. The third-order valence-corrected chi connectivity index (χ3v) is 9.27. The summed E-state index contributed by atoms with van der Waals surface area (Å²) in [5.74, 6) is 2.81. The molecule has 0 unspecified atom stereocenters. The van der Waals surface area contributed by atoms with Crippen molar-refractivity contribution < 1.29 is 28.9 Å². The largest absolute Gasteiger partial charge is 0.497 e. The first-order valence-electron chi connectivity index (χ1n) is 17.3. The van der Waals surface area contributed by atoms with E-state index in [9.17, 15) is 14.7 Å². The van der Waals surface area contributed by atoms with Crippen LogP contribution in [-0.4, -0.2) is 84.1 Å². The van der Waals surface area contributed by atoms with Crippen molar-refractivity contribution in [1.29, 1.82) is 0 Å². The lowest BCUT2D eigenvalue weighted by molar-refractivity contribution is -0.116. The normalized spacial score (nSPS) is 13.7. The van der Waals surface area contributed by atoms with Crippen molar-refractivity contribution in [3.8, 4) is 22.8 Å². The van der Waals surface area contributed by atoms with Crippen LogP contribution in [0.2, 0.25) is 0 Å². The van der Waals surface area contributed by atoms with Crippen molar-refractivity contribution in [2.45, 2.75) is 26.4 Å². The number of hydrogen-bond acceptors (Lipinski definition) is 12. The van der Waals surface area contributed by atoms with Gasteiger partial charge in [-0.15, -0.1) is 0 Å². The summed E-state index contributed by atoms with van der Waals surface area (Å²) in [6, 6.07) is 22.8. The number of fused-ring (bicyclic) bond motifs is 1. The first-order chi connectivity index (χ1) is 25.8. The summed E-state index contributed by atoms with van der Waals surface area (Å²) in [6.45, 7) is 5.34. The van der Waals surface area contributed by atoms with Crippen molar-refractivity contribution in [2.75, 3.05) is 66.7 Å². The molecule has 2 aliphatic heterocycles. The molecule has 5 aromatic rings. The van der Waals surface area contributed by atoms with Gasteiger partial charge in [-0.1, -0.05) is 30.3 Å². The fraction of sp³-hybridized carbons (Fsp3) is 0.282. The molecule has 272 valence electrons. The van der Waals surface area contributed by atoms with Gasteiger partial charge in [-0.25, -0.2) is 24.6 Å². The van der Waals surface area contributed by atoms with Crippen LogP contribution in [0, 0.1) is 0 Å². The van der Waals surface area contributed by atoms with Crippen molar-refractivity contribution in [3.05, 3.63) is 102 Å². The Kier molecular flexibility index (Phi) is 10.3. The number of methoxy groups -OCH3 is 2. The van der Waals surface area contributed by atoms with E-state index in [1.54, 1.807) is 32.4 Å². The molecular formula is C39H40N8O6. The zero-order valence-electron chi connectivity index (χ0n) is 29.8. The Balaban J connectivity index is 1.24. The number of imide groups is 1. The predicted octanol–water partition coefficient (Wildman–Crippen LogP) is 5.72. The van der Waals surface area contributed by atoms with Crippen LogP contribution in [-0.2, 0) is 29.0 Å². The van der Waals surface area contributed by atoms with Crippen LogP contribution in [0.4, 0.5) is 33.9 Å². The monoisotopic (exact) mass is 716 g/mol. The summed E-state index contributed by atoms with van der Waals surface area (Å²) in [4.78, 5) is 51.0. The van der Waals surface area contributed by atoms with E-state index in [1.165, 1.54) is 6.92 Å². The lowest BCUT2D eigenvalue weighted by Crippen LogP contribution is -2.37. The average Bonchev–Trinajstić information content (AvgIpc) is 3.62. The van der Waals surface area contributed by atoms with Gasteiger partial charge in [-0.3, -0.25) is 4.79 Å². The molecular weight excluding hydrogens is 676 g/mol. The molecule has 3 aromatic carbocycles. The van der Waals surface area contributed by atoms with Crippen molar-refractivity contribution >= 4 is 41.1 Å². The molecule has 2 aliphatic rings. The van der Waals surface area contributed by atoms with Gasteiger partial charge in [-0.05, 0) is 60.0 Å². The third kappa shape index (κ3) is 7.67. The van der Waals surface area contributed by atoms with Gasteiger partial charge in [0.15, 0.2) is 0 Å². The summed E-state index contributed by atoms with van der Waals surface area (Å²) in [5.41, 5.74) is 5.54. The van der Waals surface area contributed by atoms with Crippen LogP contribution in [0.25, 0.3) is 11.3 Å². The zero-order valence-corrected chi connectivity index (χ0v) is 29.8. The van der Waals surface area contributed by atoms with Gasteiger partial charge in [0.25, 0.3) is 0 Å². The Morgan fingerprint density at radius 1 is 0.849 bits per heavy atom. The van der Waals surface area contributed by atoms with Gasteiger partial charge in [0.2, 0.25) is 17.8 Å². The molecule has 0 spiro atoms. The van der Waals surface area contributed by atoms with E-state index in [2.05, 4.69) is 9.80 Å². The number of benzene rings is 3. The summed E-state index contributed by atoms with van der Waals surface area (Å²) in [6.07, 6.45) is 2.91. The minimum Gasteiger partial charge on any atom is -0.497 e. The molecule has 2 amide bonds. The van der Waals surface area contributed by atoms with Gasteiger partial charge in [-0.2, -0.15) is 4.98 Å². The van der Waals surface area contributed by atoms with E-state index in [-0.39, 0.29) is 5.69 Å². The van der Waals surface area contributed by atoms with Crippen molar-refractivity contribution in [2.24, 2.45) is 0 Å². The lowest BCUT2D eigenvalue weighted by Gasteiger charge is -2.28. The maximum atomic E-state index is 12.2. The lowest BCUT2D eigenvalue weighted by atomic mass is 10.1. The highest BCUT2D eigenvalue weighted by Gasteiger charge is 2.30. The predicted molar refractivity (Wildman–Crippen MR) is 200 cm³/mol. The summed E-state index contributed by atoms with van der Waals surface area (Å²) >= 11 is 0. The van der Waals surface area contributed by atoms with Crippen LogP contribution in [0.5, 0.6) is 11.5 Å². The summed E-state index contributed by atoms with van der Waals surface area (Å²) in [7, 11) is 3.30. The Hall–Kier alpha value is -6.28. The van der Waals surface area contributed by atoms with E-state index >= 15 is 0 Å². The van der Waals surface area contributed by atoms with Crippen LogP contribution < -0.4 is 29.1 Å². The van der Waals surface area contributed by atoms with E-state index in [0.717, 1.165) is 44.3 Å². The van der Waals surface area contributed by atoms with Gasteiger partial charge < -0.3 is 34.0 Å². The molecule has 0 saturated carbocycles. The maximum absolute atomic E-state index is 12.2. The quantitative estimate of drug-likeness (QED) is 0.178. The van der Waals surface area contributed by atoms with E-state index < -0.39 is 12.0 Å². The molecule has 14 nitrogen and oxygen atoms in total. The highest BCUT2D eigenvalue weighted by molar-refractivity contribution is 6.10. The highest BCUT2D eigenvalue weighted by atomic mass is 16.5. The molecule has 1 fully saturated rings. The smallest absolute Gasteiger partial charge is 0.418 e. The molecule has 14 heteroatoms. The van der Waals surface area contributed by atoms with Crippen LogP contribution >= 0.6 is 0 Å². The second-order valence-corrected chi connectivity index (χ2v) is 12.7. The molecule has 7 rings (SSSR count). The summed E-state index contributed by atoms with van der Waals surface area (Å²) < 4.78 is 16.3. The molecule has 0 bridgehead atoms. The first-order valence-corrected chi connectivity index (χ1v) is 17.3. The van der Waals surface area contributed by atoms with Crippen molar-refractivity contribution in [1.82, 2.24) is 19.9 Å². The van der Waals surface area contributed by atoms with Crippen molar-refractivity contribution in [3.63, 3.8) is 0 Å². The third-order valence-electron chi connectivity index (χ3n) is 9.27. The number of carbonyl (C=O) groups excluding carboxylic acids is 1. The second-order valence-electron chi connectivity index (χ2n) is 12.7. The maximum Gasteiger partial charge on any atom is 0.418 e. The first kappa shape index (κ1) is 35.1. The SMILES string of the molecule is COc1ccc(CN(Cc2ccc(OC)cc2)c2ncc(-c3nc(N4CCOCC4)nc4c3CCN4c3cccc(N(C(C)=O)C(=O)O)c3)cn2)cc1. The van der Waals surface area contributed by atoms with Gasteiger partial charge in [0.05, 0.1) is 38.8 Å². The molecule has 0 atom stereocenters. The van der Waals surface area contributed by atoms with Crippen LogP contribution in [0.1, 0.15) is 23.6 Å².